The van der Waals surface area contributed by atoms with Crippen molar-refractivity contribution in [1.29, 1.82) is 0 Å². The third-order valence-electron chi connectivity index (χ3n) is 3.77. The van der Waals surface area contributed by atoms with Gasteiger partial charge in [0, 0.05) is 12.2 Å². The maximum atomic E-state index is 11.8. The van der Waals surface area contributed by atoms with Crippen molar-refractivity contribution in [2.24, 2.45) is 0 Å². The highest BCUT2D eigenvalue weighted by molar-refractivity contribution is 5.89. The molecule has 3 aromatic rings. The van der Waals surface area contributed by atoms with Crippen LogP contribution >= 0.6 is 0 Å². The van der Waals surface area contributed by atoms with Crippen LogP contribution in [0.3, 0.4) is 0 Å². The number of ether oxygens (including phenoxy) is 3. The molecule has 0 aliphatic carbocycles. The van der Waals surface area contributed by atoms with E-state index in [1.807, 2.05) is 24.3 Å². The maximum absolute atomic E-state index is 11.8. The fourth-order valence-corrected chi connectivity index (χ4v) is 2.43. The molecule has 0 saturated carbocycles. The summed E-state index contributed by atoms with van der Waals surface area (Å²) in [4.78, 5) is 27.7. The van der Waals surface area contributed by atoms with Crippen molar-refractivity contribution >= 4 is 29.1 Å². The lowest BCUT2D eigenvalue weighted by molar-refractivity contribution is -0.143. The van der Waals surface area contributed by atoms with Gasteiger partial charge in [-0.25, -0.2) is 9.78 Å². The number of carbonyl (C=O) groups is 2. The first kappa shape index (κ1) is 19.9. The molecule has 0 unspecified atom stereocenters. The minimum absolute atomic E-state index is 0.248. The molecule has 1 amide bonds. The van der Waals surface area contributed by atoms with E-state index in [0.29, 0.717) is 22.6 Å². The maximum Gasteiger partial charge on any atom is 0.331 e. The average Bonchev–Trinajstić information content (AvgIpc) is 3.17. The first-order chi connectivity index (χ1) is 14.2. The summed E-state index contributed by atoms with van der Waals surface area (Å²) in [5.41, 5.74) is 1.31. The van der Waals surface area contributed by atoms with Crippen molar-refractivity contribution in [3.05, 3.63) is 60.5 Å². The number of para-hydroxylation sites is 4. The van der Waals surface area contributed by atoms with Gasteiger partial charge in [0.05, 0.1) is 13.7 Å². The van der Waals surface area contributed by atoms with Crippen LogP contribution in [-0.2, 0) is 14.3 Å². The number of aromatic nitrogens is 1. The highest BCUT2D eigenvalue weighted by Crippen LogP contribution is 2.25. The lowest BCUT2D eigenvalue weighted by Crippen LogP contribution is -2.31. The largest absolute Gasteiger partial charge is 0.493 e. The third-order valence-corrected chi connectivity index (χ3v) is 3.77. The zero-order valence-corrected chi connectivity index (χ0v) is 15.8. The molecule has 29 heavy (non-hydrogen) atoms. The molecule has 1 aromatic heterocycles. The smallest absolute Gasteiger partial charge is 0.331 e. The second-order valence-corrected chi connectivity index (χ2v) is 5.81. The normalized spacial score (nSPS) is 10.8. The zero-order chi connectivity index (χ0) is 20.5. The lowest BCUT2D eigenvalue weighted by Gasteiger charge is -2.10. The molecule has 8 nitrogen and oxygen atoms in total. The number of fused-ring (bicyclic) bond motifs is 1. The van der Waals surface area contributed by atoms with Gasteiger partial charge < -0.3 is 23.9 Å². The quantitative estimate of drug-likeness (QED) is 0.337. The Morgan fingerprint density at radius 3 is 2.66 bits per heavy atom. The van der Waals surface area contributed by atoms with E-state index in [1.54, 1.807) is 31.4 Å². The summed E-state index contributed by atoms with van der Waals surface area (Å²) < 4.78 is 21.1. The summed E-state index contributed by atoms with van der Waals surface area (Å²) in [6, 6.07) is 14.5. The highest BCUT2D eigenvalue weighted by atomic mass is 16.5. The minimum atomic E-state index is -0.673. The van der Waals surface area contributed by atoms with Crippen LogP contribution in [0.5, 0.6) is 11.5 Å². The molecule has 2 aromatic carbocycles. The number of esters is 1. The number of nitrogens with one attached hydrogen (secondary N) is 1. The first-order valence-electron chi connectivity index (χ1n) is 8.88. The Balaban J connectivity index is 1.36. The van der Waals surface area contributed by atoms with Gasteiger partial charge in [0.25, 0.3) is 5.91 Å². The number of nitrogens with zero attached hydrogens (tertiary/aromatic N) is 1. The van der Waals surface area contributed by atoms with E-state index in [4.69, 9.17) is 18.6 Å². The van der Waals surface area contributed by atoms with Crippen LogP contribution in [0.25, 0.3) is 17.2 Å². The highest BCUT2D eigenvalue weighted by Gasteiger charge is 2.07. The summed E-state index contributed by atoms with van der Waals surface area (Å²) in [6.45, 7) is 0.107. The van der Waals surface area contributed by atoms with E-state index in [2.05, 4.69) is 10.3 Å². The lowest BCUT2D eigenvalue weighted by atomic mass is 10.3. The standard InChI is InChI=1S/C21H20N2O6/c1-26-17-8-4-5-9-18(17)27-13-12-22-19(24)14-28-21(25)11-10-20-23-15-6-2-3-7-16(15)29-20/h2-11H,12-14H2,1H3,(H,22,24)/b11-10+. The first-order valence-corrected chi connectivity index (χ1v) is 8.88. The van der Waals surface area contributed by atoms with E-state index in [1.165, 1.54) is 6.08 Å². The second kappa shape index (κ2) is 9.93. The van der Waals surface area contributed by atoms with Gasteiger partial charge in [-0.1, -0.05) is 24.3 Å². The Kier molecular flexibility index (Phi) is 6.83. The number of oxazole rings is 1. The van der Waals surface area contributed by atoms with Gasteiger partial charge in [0.15, 0.2) is 23.7 Å². The fraction of sp³-hybridized carbons (Fsp3) is 0.190. The molecule has 0 bridgehead atoms. The minimum Gasteiger partial charge on any atom is -0.493 e. The Morgan fingerprint density at radius 2 is 1.86 bits per heavy atom. The van der Waals surface area contributed by atoms with Crippen LogP contribution in [0.2, 0.25) is 0 Å². The van der Waals surface area contributed by atoms with Crippen molar-refractivity contribution in [3.8, 4) is 11.5 Å². The summed E-state index contributed by atoms with van der Waals surface area (Å²) >= 11 is 0. The van der Waals surface area contributed by atoms with Crippen LogP contribution in [0.1, 0.15) is 5.89 Å². The monoisotopic (exact) mass is 396 g/mol. The van der Waals surface area contributed by atoms with Crippen molar-refractivity contribution in [2.45, 2.75) is 0 Å². The predicted octanol–water partition coefficient (Wildman–Crippen LogP) is 2.59. The number of carbonyl (C=O) groups excluding carboxylic acids is 2. The van der Waals surface area contributed by atoms with Gasteiger partial charge in [-0.15, -0.1) is 0 Å². The SMILES string of the molecule is COc1ccccc1OCCNC(=O)COC(=O)/C=C/c1nc2ccccc2o1. The van der Waals surface area contributed by atoms with Gasteiger partial charge in [-0.2, -0.15) is 0 Å². The second-order valence-electron chi connectivity index (χ2n) is 5.81. The van der Waals surface area contributed by atoms with E-state index < -0.39 is 18.5 Å². The number of amides is 1. The van der Waals surface area contributed by atoms with Crippen LogP contribution < -0.4 is 14.8 Å². The molecule has 3 rings (SSSR count). The van der Waals surface area contributed by atoms with Crippen LogP contribution in [0.4, 0.5) is 0 Å². The number of hydrogen-bond acceptors (Lipinski definition) is 7. The van der Waals surface area contributed by atoms with Crippen LogP contribution in [0, 0.1) is 0 Å². The summed E-state index contributed by atoms with van der Waals surface area (Å²) in [6.07, 6.45) is 2.55. The van der Waals surface area contributed by atoms with Gasteiger partial charge in [-0.3, -0.25) is 4.79 Å². The molecule has 150 valence electrons. The molecule has 0 saturated heterocycles. The Bertz CT molecular complexity index is 978. The molecular weight excluding hydrogens is 376 g/mol. The average molecular weight is 396 g/mol. The Labute approximate surface area is 167 Å². The van der Waals surface area contributed by atoms with Crippen molar-refractivity contribution < 1.29 is 28.2 Å². The summed E-state index contributed by atoms with van der Waals surface area (Å²) in [5, 5.41) is 2.60. The molecular formula is C21H20N2O6. The van der Waals surface area contributed by atoms with Crippen molar-refractivity contribution in [1.82, 2.24) is 10.3 Å². The summed E-state index contributed by atoms with van der Waals surface area (Å²) in [7, 11) is 1.55. The number of methoxy groups -OCH3 is 1. The molecule has 0 aliphatic rings. The van der Waals surface area contributed by atoms with E-state index in [0.717, 1.165) is 6.08 Å². The zero-order valence-electron chi connectivity index (χ0n) is 15.8. The summed E-state index contributed by atoms with van der Waals surface area (Å²) in [5.74, 6) is 0.365. The molecule has 8 heteroatoms. The van der Waals surface area contributed by atoms with Gasteiger partial charge in [0.1, 0.15) is 12.1 Å². The number of benzene rings is 2. The molecule has 0 radical (unpaired) electrons. The van der Waals surface area contributed by atoms with Crippen molar-refractivity contribution in [3.63, 3.8) is 0 Å². The van der Waals surface area contributed by atoms with E-state index >= 15 is 0 Å². The fourth-order valence-electron chi connectivity index (χ4n) is 2.43. The Hall–Kier alpha value is -3.81. The third kappa shape index (κ3) is 5.83. The molecule has 0 aliphatic heterocycles. The molecule has 0 spiro atoms. The topological polar surface area (TPSA) is 99.9 Å². The predicted molar refractivity (Wildman–Crippen MR) is 106 cm³/mol. The van der Waals surface area contributed by atoms with Crippen LogP contribution in [-0.4, -0.2) is 43.7 Å². The number of hydrogen-bond donors (Lipinski definition) is 1. The van der Waals surface area contributed by atoms with Crippen LogP contribution in [0.15, 0.2) is 59.0 Å². The van der Waals surface area contributed by atoms with Gasteiger partial charge in [0.2, 0.25) is 5.89 Å². The van der Waals surface area contributed by atoms with E-state index in [9.17, 15) is 9.59 Å². The molecule has 1 N–H and O–H groups in total. The van der Waals surface area contributed by atoms with Gasteiger partial charge >= 0.3 is 5.97 Å². The molecule has 0 fully saturated rings. The van der Waals surface area contributed by atoms with Crippen molar-refractivity contribution in [2.75, 3.05) is 26.9 Å². The van der Waals surface area contributed by atoms with E-state index in [-0.39, 0.29) is 19.0 Å². The number of rotatable bonds is 9. The Morgan fingerprint density at radius 1 is 1.10 bits per heavy atom. The molecule has 1 heterocycles. The molecule has 0 atom stereocenters. The van der Waals surface area contributed by atoms with Gasteiger partial charge in [-0.05, 0) is 24.3 Å².